The Morgan fingerprint density at radius 1 is 0.514 bits per heavy atom. The van der Waals surface area contributed by atoms with Gasteiger partial charge in [-0.25, -0.2) is 26.3 Å². The number of halogens is 10. The van der Waals surface area contributed by atoms with Crippen LogP contribution in [0, 0.1) is 35.0 Å². The number of ether oxygens (including phenoxy) is 3. The van der Waals surface area contributed by atoms with Gasteiger partial charge < -0.3 is 42.0 Å². The maximum Gasteiger partial charge on any atom is 0.250 e. The highest BCUT2D eigenvalue weighted by Crippen LogP contribution is 2.59. The highest BCUT2D eigenvalue weighted by Gasteiger charge is 2.51. The van der Waals surface area contributed by atoms with E-state index < -0.39 is 29.3 Å². The van der Waals surface area contributed by atoms with E-state index in [1.54, 1.807) is 51.5 Å². The van der Waals surface area contributed by atoms with Crippen molar-refractivity contribution in [1.29, 1.82) is 0 Å². The van der Waals surface area contributed by atoms with Crippen LogP contribution < -0.4 is 0 Å². The van der Waals surface area contributed by atoms with Crippen LogP contribution in [0.3, 0.4) is 0 Å². The first-order valence-corrected chi connectivity index (χ1v) is 39.9. The molecule has 5 aliphatic carbocycles. The summed E-state index contributed by atoms with van der Waals surface area (Å²) in [6, 6.07) is 22.1. The molecular formula is C84H102Cl4F6N4O9. The molecule has 1 saturated heterocycles. The van der Waals surface area contributed by atoms with Gasteiger partial charge in [-0.3, -0.25) is 19.2 Å². The van der Waals surface area contributed by atoms with E-state index in [4.69, 9.17) is 60.6 Å². The van der Waals surface area contributed by atoms with Crippen molar-refractivity contribution in [2.45, 2.75) is 223 Å². The largest absolute Gasteiger partial charge is 0.396 e. The molecule has 107 heavy (non-hydrogen) atoms. The van der Waals surface area contributed by atoms with Gasteiger partial charge in [0.2, 0.25) is 11.8 Å². The minimum atomic E-state index is -2.58. The second-order valence-electron chi connectivity index (χ2n) is 31.4. The zero-order valence-corrected chi connectivity index (χ0v) is 64.7. The fourth-order valence-electron chi connectivity index (χ4n) is 17.3. The molecule has 8 aromatic rings. The van der Waals surface area contributed by atoms with Crippen molar-refractivity contribution in [3.05, 3.63) is 163 Å². The van der Waals surface area contributed by atoms with E-state index in [1.165, 1.54) is 19.3 Å². The summed E-state index contributed by atoms with van der Waals surface area (Å²) in [5, 5.41) is 22.4. The average molecular weight is 1570 g/mol. The van der Waals surface area contributed by atoms with Crippen LogP contribution in [0.1, 0.15) is 238 Å². The van der Waals surface area contributed by atoms with Gasteiger partial charge in [0, 0.05) is 187 Å². The summed E-state index contributed by atoms with van der Waals surface area (Å²) < 4.78 is 105. The molecular weight excluding hydrogens is 1460 g/mol. The number of pyridine rings is 4. The van der Waals surface area contributed by atoms with Crippen LogP contribution in [-0.4, -0.2) is 122 Å². The number of alkyl halides is 6. The summed E-state index contributed by atoms with van der Waals surface area (Å²) >= 11 is 25.5. The molecule has 2 N–H and O–H groups in total. The molecule has 0 bridgehead atoms. The lowest BCUT2D eigenvalue weighted by Crippen LogP contribution is -2.36. The third-order valence-electron chi connectivity index (χ3n) is 23.5. The standard InChI is InChI=1S/C22H26ClF2NO2.C22H28ClNO3.2C20H24ClF2NO2/c23-19-2-1-10-26-17(12-16-7-11-28-14-16)13-18(21(19)26)20(27)4-3-15-5-8-22(24,25)9-6-15;1-27-13-6-16-14-17(20-18(23)4-2-12-24(16)20)19(25)5-9-22(26)8-3-7-21(15-22)10-11-21;1-26-11-8-15-12-16(19-17(21)5-3-10-24(15)19)18(25)7-6-14-4-2-9-20(22,23)13-14;1-13-11-14(6-8-20(13,22)23)4-5-18(26)16-12-15(7-10-25)24-9-2-3-17(21)19(16)24/h1-2,10,13,15-16H,3-9,11-12,14H2;2,4,12,14,26H,3,5-11,13,15H2,1H3;3,5,10,12,14H,2,4,6-9,11,13H2,1H3;2-3,9,12-14,25H,4-8,10-11H2,1H3. The van der Waals surface area contributed by atoms with Crippen molar-refractivity contribution in [2.75, 3.05) is 47.3 Å². The van der Waals surface area contributed by atoms with Gasteiger partial charge in [-0.2, -0.15) is 0 Å². The average Bonchev–Trinajstić information content (AvgIpc) is 1.65. The third-order valence-corrected chi connectivity index (χ3v) is 24.8. The summed E-state index contributed by atoms with van der Waals surface area (Å²) in [6.45, 7) is 4.26. The van der Waals surface area contributed by atoms with Crippen LogP contribution in [0.5, 0.6) is 0 Å². The van der Waals surface area contributed by atoms with Crippen LogP contribution in [0.15, 0.2) is 97.6 Å². The van der Waals surface area contributed by atoms with E-state index in [2.05, 4.69) is 0 Å². The smallest absolute Gasteiger partial charge is 0.250 e. The zero-order chi connectivity index (χ0) is 76.4. The SMILES string of the molecule is CC1CC(CCC(=O)c2cc(CCO)n3cccc(Cl)c23)CCC1(F)F.COCCc1cc(C(=O)CCC2(O)CCCC3(CC3)C2)c2c(Cl)cccn12.COCCc1cc(C(=O)CCC2CCCC(F)(F)C2)c2c(Cl)cccn12.O=C(CCC1CCC(F)(F)CC1)c1cc(CC2CCOC2)n2cccc(Cl)c12. The molecule has 9 heterocycles. The fourth-order valence-corrected chi connectivity index (χ4v) is 18.3. The minimum absolute atomic E-state index is 0.0135. The number of nitrogens with zero attached hydrogens (tertiary/aromatic N) is 4. The van der Waals surface area contributed by atoms with Crippen molar-refractivity contribution in [1.82, 2.24) is 17.6 Å². The lowest BCUT2D eigenvalue weighted by molar-refractivity contribution is -0.0913. The number of aromatic nitrogens is 4. The molecule has 582 valence electrons. The fraction of sp³-hybridized carbons (Fsp3) is 0.571. The number of carbonyl (C=O) groups is 4. The Hall–Kier alpha value is -5.74. The summed E-state index contributed by atoms with van der Waals surface area (Å²) in [4.78, 5) is 51.6. The number of methoxy groups -OCH3 is 2. The van der Waals surface area contributed by atoms with Crippen molar-refractivity contribution >= 4 is 91.6 Å². The highest BCUT2D eigenvalue weighted by molar-refractivity contribution is 6.36. The van der Waals surface area contributed by atoms with Crippen molar-refractivity contribution in [2.24, 2.45) is 35.0 Å². The van der Waals surface area contributed by atoms with Crippen LogP contribution in [0.4, 0.5) is 26.3 Å². The number of aliphatic hydroxyl groups excluding tert-OH is 1. The predicted molar refractivity (Wildman–Crippen MR) is 409 cm³/mol. The number of carbonyl (C=O) groups excluding carboxylic acids is 4. The minimum Gasteiger partial charge on any atom is -0.396 e. The summed E-state index contributed by atoms with van der Waals surface area (Å²) in [5.74, 6) is -7.50. The Bertz CT molecular complexity index is 4390. The Kier molecular flexibility index (Phi) is 27.8. The number of ketones is 4. The normalized spacial score (nSPS) is 22.3. The first kappa shape index (κ1) is 82.2. The molecule has 5 atom stereocenters. The molecule has 0 aromatic carbocycles. The first-order valence-electron chi connectivity index (χ1n) is 38.4. The molecule has 14 rings (SSSR count). The molecule has 6 fully saturated rings. The quantitative estimate of drug-likeness (QED) is 0.0398. The number of fused-ring (bicyclic) bond motifs is 4. The topological polar surface area (TPSA) is 154 Å². The molecule has 13 nitrogen and oxygen atoms in total. The first-order chi connectivity index (χ1) is 51.1. The van der Waals surface area contributed by atoms with Gasteiger partial charge in [0.15, 0.2) is 23.1 Å². The Labute approximate surface area is 643 Å². The van der Waals surface area contributed by atoms with Gasteiger partial charge in [-0.05, 0) is 205 Å². The van der Waals surface area contributed by atoms with Crippen molar-refractivity contribution < 1.29 is 69.9 Å². The maximum atomic E-state index is 13.6. The van der Waals surface area contributed by atoms with Gasteiger partial charge in [0.25, 0.3) is 5.92 Å². The molecule has 1 spiro atoms. The van der Waals surface area contributed by atoms with Gasteiger partial charge in [-0.1, -0.05) is 66.2 Å². The van der Waals surface area contributed by atoms with Crippen molar-refractivity contribution in [3.8, 4) is 0 Å². The lowest BCUT2D eigenvalue weighted by Gasteiger charge is -2.37. The van der Waals surface area contributed by atoms with E-state index in [0.717, 1.165) is 92.0 Å². The molecule has 1 aliphatic heterocycles. The number of rotatable bonds is 26. The van der Waals surface area contributed by atoms with E-state index in [-0.39, 0.29) is 86.0 Å². The number of Topliss-reactive ketones (excluding diaryl/α,β-unsaturated/α-hetero) is 4. The van der Waals surface area contributed by atoms with Gasteiger partial charge >= 0.3 is 0 Å². The third kappa shape index (κ3) is 20.7. The summed E-state index contributed by atoms with van der Waals surface area (Å²) in [7, 11) is 3.31. The van der Waals surface area contributed by atoms with Crippen LogP contribution in [0.2, 0.25) is 20.1 Å². The van der Waals surface area contributed by atoms with Crippen LogP contribution in [0.25, 0.3) is 22.1 Å². The molecule has 6 aliphatic rings. The zero-order valence-electron chi connectivity index (χ0n) is 61.7. The predicted octanol–water partition coefficient (Wildman–Crippen LogP) is 21.5. The second-order valence-corrected chi connectivity index (χ2v) is 33.0. The Balaban J connectivity index is 0.000000142. The highest BCUT2D eigenvalue weighted by atomic mass is 35.5. The van der Waals surface area contributed by atoms with Gasteiger partial charge in [0.05, 0.1) is 61.0 Å². The monoisotopic (exact) mass is 1560 g/mol. The Morgan fingerprint density at radius 3 is 1.41 bits per heavy atom. The Morgan fingerprint density at radius 2 is 0.963 bits per heavy atom. The van der Waals surface area contributed by atoms with E-state index >= 15 is 0 Å². The number of hydrogen-bond donors (Lipinski definition) is 2. The molecule has 23 heteroatoms. The molecule has 0 radical (unpaired) electrons. The number of aliphatic hydroxyl groups is 2. The van der Waals surface area contributed by atoms with Crippen LogP contribution in [-0.2, 0) is 39.9 Å². The van der Waals surface area contributed by atoms with E-state index in [1.807, 2.05) is 84.9 Å². The van der Waals surface area contributed by atoms with E-state index in [0.29, 0.717) is 168 Å². The molecule has 5 unspecified atom stereocenters. The molecule has 0 amide bonds. The summed E-state index contributed by atoms with van der Waals surface area (Å²) in [5.41, 5.74) is 8.91. The second kappa shape index (κ2) is 36.2. The number of hydrogen-bond acceptors (Lipinski definition) is 9. The lowest BCUT2D eigenvalue weighted by atomic mass is 9.73. The van der Waals surface area contributed by atoms with Crippen LogP contribution >= 0.6 is 46.4 Å². The van der Waals surface area contributed by atoms with E-state index in [9.17, 15) is 55.7 Å². The maximum absolute atomic E-state index is 13.6. The van der Waals surface area contributed by atoms with Crippen molar-refractivity contribution in [3.63, 3.8) is 0 Å². The van der Waals surface area contributed by atoms with Gasteiger partial charge in [0.1, 0.15) is 0 Å². The van der Waals surface area contributed by atoms with Gasteiger partial charge in [-0.15, -0.1) is 0 Å². The molecule has 8 aromatic heterocycles. The molecule has 5 saturated carbocycles. The summed E-state index contributed by atoms with van der Waals surface area (Å²) in [6.07, 6.45) is 24.4.